The molecule has 21 heavy (non-hydrogen) atoms. The number of nitrogens with two attached hydrogens (primary N) is 1. The number of carbonyl (C=O) groups excluding carboxylic acids is 1. The van der Waals surface area contributed by atoms with Crippen molar-refractivity contribution in [2.24, 2.45) is 11.8 Å². The average Bonchev–Trinajstić information content (AvgIpc) is 2.44. The second-order valence-corrected chi connectivity index (χ2v) is 6.52. The molecule has 1 aromatic rings. The fourth-order valence-corrected chi connectivity index (χ4v) is 3.07. The van der Waals surface area contributed by atoms with E-state index in [1.807, 2.05) is 12.1 Å². The zero-order valence-corrected chi connectivity index (χ0v) is 13.5. The Labute approximate surface area is 127 Å². The third-order valence-electron chi connectivity index (χ3n) is 4.75. The molecule has 2 rings (SSSR count). The van der Waals surface area contributed by atoms with Gasteiger partial charge in [0.1, 0.15) is 0 Å². The van der Waals surface area contributed by atoms with Gasteiger partial charge >= 0.3 is 0 Å². The molecule has 1 amide bonds. The predicted octanol–water partition coefficient (Wildman–Crippen LogP) is 3.21. The van der Waals surface area contributed by atoms with Gasteiger partial charge in [0.25, 0.3) is 5.91 Å². The van der Waals surface area contributed by atoms with Crippen LogP contribution in [0.2, 0.25) is 0 Å². The number of carbonyl (C=O) groups is 1. The molecular weight excluding hydrogens is 262 g/mol. The van der Waals surface area contributed by atoms with Crippen molar-refractivity contribution in [3.05, 3.63) is 23.8 Å². The van der Waals surface area contributed by atoms with Crippen molar-refractivity contribution in [1.82, 2.24) is 4.90 Å². The van der Waals surface area contributed by atoms with Crippen LogP contribution < -0.4 is 11.1 Å². The molecule has 0 radical (unpaired) electrons. The summed E-state index contributed by atoms with van der Waals surface area (Å²) in [5.41, 5.74) is 8.34. The highest BCUT2D eigenvalue weighted by Crippen LogP contribution is 2.33. The number of hydrogen-bond donors (Lipinski definition) is 2. The van der Waals surface area contributed by atoms with Crippen LogP contribution in [0.3, 0.4) is 0 Å². The minimum Gasteiger partial charge on any atom is -0.397 e. The molecule has 1 aliphatic carbocycles. The molecule has 0 spiro atoms. The molecule has 116 valence electrons. The lowest BCUT2D eigenvalue weighted by atomic mass is 9.78. The number of benzene rings is 1. The Morgan fingerprint density at radius 1 is 1.29 bits per heavy atom. The maximum atomic E-state index is 11.9. The van der Waals surface area contributed by atoms with E-state index in [1.54, 1.807) is 25.1 Å². The molecule has 1 saturated carbocycles. The van der Waals surface area contributed by atoms with E-state index in [4.69, 9.17) is 5.73 Å². The third-order valence-corrected chi connectivity index (χ3v) is 4.75. The Hall–Kier alpha value is -1.71. The first-order chi connectivity index (χ1) is 9.90. The molecule has 1 aliphatic rings. The molecule has 0 bridgehead atoms. The lowest BCUT2D eigenvalue weighted by Gasteiger charge is -2.35. The summed E-state index contributed by atoms with van der Waals surface area (Å²) in [6, 6.07) is 6.00. The summed E-state index contributed by atoms with van der Waals surface area (Å²) in [6.45, 7) is 4.63. The molecule has 3 atom stereocenters. The van der Waals surface area contributed by atoms with E-state index in [1.165, 1.54) is 19.3 Å². The molecule has 1 fully saturated rings. The molecule has 1 aromatic carbocycles. The Balaban J connectivity index is 2.12. The Morgan fingerprint density at radius 3 is 2.62 bits per heavy atom. The highest BCUT2D eigenvalue weighted by atomic mass is 16.2. The fraction of sp³-hybridized carbons (Fsp3) is 0.588. The highest BCUT2D eigenvalue weighted by Gasteiger charge is 2.27. The van der Waals surface area contributed by atoms with Gasteiger partial charge in [0, 0.05) is 25.7 Å². The van der Waals surface area contributed by atoms with Gasteiger partial charge in [0.15, 0.2) is 0 Å². The lowest BCUT2D eigenvalue weighted by Crippen LogP contribution is -2.35. The molecule has 4 heteroatoms. The van der Waals surface area contributed by atoms with Gasteiger partial charge in [-0.25, -0.2) is 0 Å². The Bertz CT molecular complexity index is 513. The van der Waals surface area contributed by atoms with Crippen LogP contribution in [0, 0.1) is 11.8 Å². The number of rotatable bonds is 3. The van der Waals surface area contributed by atoms with E-state index in [0.717, 1.165) is 11.6 Å². The van der Waals surface area contributed by atoms with E-state index >= 15 is 0 Å². The Kier molecular flexibility index (Phi) is 4.76. The van der Waals surface area contributed by atoms with Gasteiger partial charge in [-0.2, -0.15) is 0 Å². The Morgan fingerprint density at radius 2 is 2.00 bits per heavy atom. The first-order valence-electron chi connectivity index (χ1n) is 7.78. The van der Waals surface area contributed by atoms with Crippen LogP contribution in [-0.4, -0.2) is 30.9 Å². The van der Waals surface area contributed by atoms with Crippen molar-refractivity contribution in [1.29, 1.82) is 0 Å². The van der Waals surface area contributed by atoms with Crippen molar-refractivity contribution >= 4 is 17.3 Å². The van der Waals surface area contributed by atoms with Crippen molar-refractivity contribution in [3.8, 4) is 0 Å². The van der Waals surface area contributed by atoms with Crippen LogP contribution in [0.4, 0.5) is 11.4 Å². The van der Waals surface area contributed by atoms with Crippen LogP contribution in [0.25, 0.3) is 0 Å². The number of nitrogens with zero attached hydrogens (tertiary/aromatic N) is 1. The van der Waals surface area contributed by atoms with Gasteiger partial charge in [-0.1, -0.05) is 26.7 Å². The third kappa shape index (κ3) is 3.49. The van der Waals surface area contributed by atoms with Crippen LogP contribution in [0.5, 0.6) is 0 Å². The van der Waals surface area contributed by atoms with E-state index in [2.05, 4.69) is 19.2 Å². The van der Waals surface area contributed by atoms with Gasteiger partial charge in [0.05, 0.1) is 11.4 Å². The van der Waals surface area contributed by atoms with E-state index in [-0.39, 0.29) is 5.91 Å². The number of nitrogens with one attached hydrogen (secondary N) is 1. The monoisotopic (exact) mass is 289 g/mol. The van der Waals surface area contributed by atoms with Gasteiger partial charge in [-0.05, 0) is 36.5 Å². The summed E-state index contributed by atoms with van der Waals surface area (Å²) in [6.07, 6.45) is 3.76. The minimum atomic E-state index is -0.0205. The molecule has 3 unspecified atom stereocenters. The summed E-state index contributed by atoms with van der Waals surface area (Å²) < 4.78 is 0. The van der Waals surface area contributed by atoms with Crippen LogP contribution in [0.1, 0.15) is 43.5 Å². The van der Waals surface area contributed by atoms with Crippen molar-refractivity contribution in [3.63, 3.8) is 0 Å². The maximum Gasteiger partial charge on any atom is 0.253 e. The number of amides is 1. The number of hydrogen-bond acceptors (Lipinski definition) is 3. The second kappa shape index (κ2) is 6.37. The van der Waals surface area contributed by atoms with Crippen LogP contribution in [-0.2, 0) is 0 Å². The zero-order chi connectivity index (χ0) is 15.6. The quantitative estimate of drug-likeness (QED) is 0.840. The second-order valence-electron chi connectivity index (χ2n) is 6.52. The molecule has 0 aromatic heterocycles. The van der Waals surface area contributed by atoms with E-state index < -0.39 is 0 Å². The normalized spacial score (nSPS) is 25.4. The van der Waals surface area contributed by atoms with Crippen molar-refractivity contribution in [2.45, 2.75) is 39.2 Å². The van der Waals surface area contributed by atoms with Gasteiger partial charge < -0.3 is 16.0 Å². The summed E-state index contributed by atoms with van der Waals surface area (Å²) >= 11 is 0. The first-order valence-corrected chi connectivity index (χ1v) is 7.78. The molecule has 0 heterocycles. The predicted molar refractivity (Wildman–Crippen MR) is 88.5 cm³/mol. The molecule has 4 nitrogen and oxygen atoms in total. The molecule has 0 aliphatic heterocycles. The highest BCUT2D eigenvalue weighted by molar-refractivity contribution is 5.95. The minimum absolute atomic E-state index is 0.0205. The molecule has 0 saturated heterocycles. The summed E-state index contributed by atoms with van der Waals surface area (Å²) in [4.78, 5) is 13.5. The lowest BCUT2D eigenvalue weighted by molar-refractivity contribution is 0.0827. The van der Waals surface area contributed by atoms with Crippen molar-refractivity contribution in [2.75, 3.05) is 25.1 Å². The SMILES string of the molecule is CC1CCCC(Nc2ccc(C(=O)N(C)C)cc2N)C1C. The topological polar surface area (TPSA) is 58.4 Å². The first kappa shape index (κ1) is 15.7. The van der Waals surface area contributed by atoms with Gasteiger partial charge in [-0.15, -0.1) is 0 Å². The summed E-state index contributed by atoms with van der Waals surface area (Å²) in [5, 5.41) is 3.57. The van der Waals surface area contributed by atoms with Gasteiger partial charge in [0.2, 0.25) is 0 Å². The smallest absolute Gasteiger partial charge is 0.253 e. The number of nitrogen functional groups attached to an aromatic ring is 1. The summed E-state index contributed by atoms with van der Waals surface area (Å²) in [7, 11) is 3.49. The van der Waals surface area contributed by atoms with Crippen molar-refractivity contribution < 1.29 is 4.79 Å². The van der Waals surface area contributed by atoms with Gasteiger partial charge in [-0.3, -0.25) is 4.79 Å². The van der Waals surface area contributed by atoms with Crippen LogP contribution >= 0.6 is 0 Å². The molecular formula is C17H27N3O. The maximum absolute atomic E-state index is 11.9. The largest absolute Gasteiger partial charge is 0.397 e. The molecule has 3 N–H and O–H groups in total. The fourth-order valence-electron chi connectivity index (χ4n) is 3.07. The number of anilines is 2. The zero-order valence-electron chi connectivity index (χ0n) is 13.5. The summed E-state index contributed by atoms with van der Waals surface area (Å²) in [5.74, 6) is 1.36. The standard InChI is InChI=1S/C17H27N3O/c1-11-6-5-7-15(12(11)2)19-16-9-8-13(10-14(16)18)17(21)20(3)4/h8-12,15,19H,5-7,18H2,1-4H3. The van der Waals surface area contributed by atoms with E-state index in [0.29, 0.717) is 23.2 Å². The average molecular weight is 289 g/mol. The van der Waals surface area contributed by atoms with E-state index in [9.17, 15) is 4.79 Å². The van der Waals surface area contributed by atoms with Crippen LogP contribution in [0.15, 0.2) is 18.2 Å².